The molecule has 2 nitrogen and oxygen atoms in total. The van der Waals surface area contributed by atoms with E-state index in [9.17, 15) is 9.18 Å². The molecule has 0 aliphatic heterocycles. The van der Waals surface area contributed by atoms with Gasteiger partial charge in [0.05, 0.1) is 0 Å². The monoisotopic (exact) mass is 230 g/mol. The van der Waals surface area contributed by atoms with Gasteiger partial charge in [-0.15, -0.1) is 0 Å². The SMILES string of the molecule is COCC(=O)CCc1c(F)cccc1Cl. The van der Waals surface area contributed by atoms with Crippen molar-refractivity contribution in [2.24, 2.45) is 0 Å². The van der Waals surface area contributed by atoms with E-state index in [2.05, 4.69) is 4.74 Å². The van der Waals surface area contributed by atoms with Crippen molar-refractivity contribution >= 4 is 17.4 Å². The lowest BCUT2D eigenvalue weighted by Crippen LogP contribution is -2.08. The number of carbonyl (C=O) groups is 1. The van der Waals surface area contributed by atoms with Gasteiger partial charge < -0.3 is 4.74 Å². The Bertz CT molecular complexity index is 332. The van der Waals surface area contributed by atoms with Crippen LogP contribution in [-0.4, -0.2) is 19.5 Å². The zero-order chi connectivity index (χ0) is 11.3. The van der Waals surface area contributed by atoms with Gasteiger partial charge in [0.15, 0.2) is 5.78 Å². The van der Waals surface area contributed by atoms with E-state index in [0.29, 0.717) is 17.0 Å². The molecule has 0 amide bonds. The Labute approximate surface area is 93.0 Å². The fraction of sp³-hybridized carbons (Fsp3) is 0.364. The Balaban J connectivity index is 2.61. The van der Waals surface area contributed by atoms with Gasteiger partial charge in [-0.3, -0.25) is 4.79 Å². The van der Waals surface area contributed by atoms with E-state index in [0.717, 1.165) is 0 Å². The number of carbonyl (C=O) groups excluding carboxylic acids is 1. The summed E-state index contributed by atoms with van der Waals surface area (Å²) < 4.78 is 17.9. The van der Waals surface area contributed by atoms with Crippen molar-refractivity contribution in [2.75, 3.05) is 13.7 Å². The molecule has 4 heteroatoms. The first-order valence-corrected chi connectivity index (χ1v) is 4.96. The van der Waals surface area contributed by atoms with E-state index in [1.54, 1.807) is 6.07 Å². The van der Waals surface area contributed by atoms with E-state index < -0.39 is 0 Å². The van der Waals surface area contributed by atoms with Gasteiger partial charge in [0, 0.05) is 24.1 Å². The van der Waals surface area contributed by atoms with Gasteiger partial charge in [-0.25, -0.2) is 4.39 Å². The largest absolute Gasteiger partial charge is 0.377 e. The number of ketones is 1. The third-order valence-electron chi connectivity index (χ3n) is 2.02. The standard InChI is InChI=1S/C11H12ClFO2/c1-15-7-8(14)5-6-9-10(12)3-2-4-11(9)13/h2-4H,5-7H2,1H3. The van der Waals surface area contributed by atoms with Crippen LogP contribution in [0.2, 0.25) is 5.02 Å². The second-order valence-electron chi connectivity index (χ2n) is 3.17. The van der Waals surface area contributed by atoms with Crippen LogP contribution in [0.1, 0.15) is 12.0 Å². The Morgan fingerprint density at radius 1 is 1.53 bits per heavy atom. The Hall–Kier alpha value is -0.930. The van der Waals surface area contributed by atoms with Crippen molar-refractivity contribution < 1.29 is 13.9 Å². The van der Waals surface area contributed by atoms with E-state index in [1.165, 1.54) is 19.2 Å². The molecule has 0 bridgehead atoms. The summed E-state index contributed by atoms with van der Waals surface area (Å²) in [7, 11) is 1.45. The lowest BCUT2D eigenvalue weighted by Gasteiger charge is -2.04. The van der Waals surface area contributed by atoms with Crippen molar-refractivity contribution in [1.29, 1.82) is 0 Å². The van der Waals surface area contributed by atoms with Crippen LogP contribution < -0.4 is 0 Å². The van der Waals surface area contributed by atoms with Gasteiger partial charge >= 0.3 is 0 Å². The Morgan fingerprint density at radius 2 is 2.27 bits per heavy atom. The minimum Gasteiger partial charge on any atom is -0.377 e. The zero-order valence-electron chi connectivity index (χ0n) is 8.43. The molecule has 0 saturated carbocycles. The molecule has 82 valence electrons. The number of benzene rings is 1. The van der Waals surface area contributed by atoms with Crippen LogP contribution in [0.25, 0.3) is 0 Å². The van der Waals surface area contributed by atoms with Crippen LogP contribution in [-0.2, 0) is 16.0 Å². The first-order valence-electron chi connectivity index (χ1n) is 4.58. The van der Waals surface area contributed by atoms with E-state index in [4.69, 9.17) is 11.6 Å². The number of Topliss-reactive ketones (excluding diaryl/α,β-unsaturated/α-hetero) is 1. The molecule has 0 aliphatic carbocycles. The second-order valence-corrected chi connectivity index (χ2v) is 3.58. The highest BCUT2D eigenvalue weighted by Crippen LogP contribution is 2.20. The molecule has 0 aromatic heterocycles. The number of rotatable bonds is 5. The lowest BCUT2D eigenvalue weighted by molar-refractivity contribution is -0.122. The fourth-order valence-electron chi connectivity index (χ4n) is 1.27. The molecule has 0 radical (unpaired) electrons. The smallest absolute Gasteiger partial charge is 0.158 e. The van der Waals surface area contributed by atoms with Crippen molar-refractivity contribution in [3.8, 4) is 0 Å². The zero-order valence-corrected chi connectivity index (χ0v) is 9.18. The highest BCUT2D eigenvalue weighted by molar-refractivity contribution is 6.31. The van der Waals surface area contributed by atoms with Crippen LogP contribution >= 0.6 is 11.6 Å². The molecule has 0 spiro atoms. The summed E-state index contributed by atoms with van der Waals surface area (Å²) in [6.07, 6.45) is 0.558. The predicted molar refractivity (Wildman–Crippen MR) is 56.6 cm³/mol. The third kappa shape index (κ3) is 3.61. The van der Waals surface area contributed by atoms with Crippen LogP contribution in [0.15, 0.2) is 18.2 Å². The molecule has 0 saturated heterocycles. The molecule has 0 aliphatic rings. The highest BCUT2D eigenvalue weighted by atomic mass is 35.5. The summed E-state index contributed by atoms with van der Waals surface area (Å²) >= 11 is 5.81. The summed E-state index contributed by atoms with van der Waals surface area (Å²) in [6, 6.07) is 4.49. The van der Waals surface area contributed by atoms with Crippen molar-refractivity contribution in [1.82, 2.24) is 0 Å². The summed E-state index contributed by atoms with van der Waals surface area (Å²) in [5.41, 5.74) is 0.392. The van der Waals surface area contributed by atoms with Crippen molar-refractivity contribution in [2.45, 2.75) is 12.8 Å². The third-order valence-corrected chi connectivity index (χ3v) is 2.37. The molecule has 0 fully saturated rings. The molecule has 0 unspecified atom stereocenters. The van der Waals surface area contributed by atoms with E-state index in [1.807, 2.05) is 0 Å². The number of hydrogen-bond donors (Lipinski definition) is 0. The number of methoxy groups -OCH3 is 1. The van der Waals surface area contributed by atoms with Gasteiger partial charge in [0.1, 0.15) is 12.4 Å². The first-order chi connectivity index (χ1) is 7.15. The molecule has 0 N–H and O–H groups in total. The summed E-state index contributed by atoms with van der Waals surface area (Å²) in [6.45, 7) is 0.0616. The van der Waals surface area contributed by atoms with Gasteiger partial charge in [-0.05, 0) is 18.6 Å². The van der Waals surface area contributed by atoms with Crippen LogP contribution in [0.4, 0.5) is 4.39 Å². The maximum Gasteiger partial charge on any atom is 0.158 e. The molecular weight excluding hydrogens is 219 g/mol. The van der Waals surface area contributed by atoms with Crippen LogP contribution in [0, 0.1) is 5.82 Å². The van der Waals surface area contributed by atoms with Gasteiger partial charge in [0.2, 0.25) is 0 Å². The maximum absolute atomic E-state index is 13.3. The summed E-state index contributed by atoms with van der Waals surface area (Å²) in [5.74, 6) is -0.426. The molecule has 15 heavy (non-hydrogen) atoms. The number of halogens is 2. The molecule has 0 heterocycles. The minimum absolute atomic E-state index is 0.0585. The number of ether oxygens (including phenoxy) is 1. The lowest BCUT2D eigenvalue weighted by atomic mass is 10.1. The van der Waals surface area contributed by atoms with Crippen molar-refractivity contribution in [3.05, 3.63) is 34.6 Å². The highest BCUT2D eigenvalue weighted by Gasteiger charge is 2.09. The molecular formula is C11H12ClFO2. The Kier molecular flexibility index (Phi) is 4.72. The van der Waals surface area contributed by atoms with Gasteiger partial charge in [-0.2, -0.15) is 0 Å². The van der Waals surface area contributed by atoms with E-state index in [-0.39, 0.29) is 24.6 Å². The molecule has 1 aromatic rings. The maximum atomic E-state index is 13.3. The summed E-state index contributed by atoms with van der Waals surface area (Å²) in [5, 5.41) is 0.361. The van der Waals surface area contributed by atoms with E-state index >= 15 is 0 Å². The molecule has 0 atom stereocenters. The van der Waals surface area contributed by atoms with Gasteiger partial charge in [-0.1, -0.05) is 17.7 Å². The Morgan fingerprint density at radius 3 is 2.87 bits per heavy atom. The average Bonchev–Trinajstić information content (AvgIpc) is 2.17. The summed E-state index contributed by atoms with van der Waals surface area (Å²) in [4.78, 5) is 11.1. The quantitative estimate of drug-likeness (QED) is 0.777. The molecule has 1 aromatic carbocycles. The topological polar surface area (TPSA) is 26.3 Å². The first kappa shape index (κ1) is 12.1. The predicted octanol–water partition coefficient (Wildman–Crippen LogP) is 2.63. The van der Waals surface area contributed by atoms with Crippen molar-refractivity contribution in [3.63, 3.8) is 0 Å². The van der Waals surface area contributed by atoms with Crippen LogP contribution in [0.5, 0.6) is 0 Å². The fourth-order valence-corrected chi connectivity index (χ4v) is 1.53. The minimum atomic E-state index is -0.368. The average molecular weight is 231 g/mol. The second kappa shape index (κ2) is 5.83. The van der Waals surface area contributed by atoms with Crippen LogP contribution in [0.3, 0.4) is 0 Å². The number of hydrogen-bond acceptors (Lipinski definition) is 2. The molecule has 1 rings (SSSR count). The van der Waals surface area contributed by atoms with Gasteiger partial charge in [0.25, 0.3) is 0 Å². The normalized spacial score (nSPS) is 10.3.